The molecule has 1 nitrogen and oxygen atoms in total. The van der Waals surface area contributed by atoms with Crippen molar-refractivity contribution in [2.24, 2.45) is 0 Å². The van der Waals surface area contributed by atoms with Crippen LogP contribution in [-0.4, -0.2) is 6.54 Å². The van der Waals surface area contributed by atoms with Gasteiger partial charge in [-0.05, 0) is 30.4 Å². The van der Waals surface area contributed by atoms with E-state index in [1.807, 2.05) is 12.1 Å². The second kappa shape index (κ2) is 3.99. The summed E-state index contributed by atoms with van der Waals surface area (Å²) in [5, 5.41) is 3.14. The van der Waals surface area contributed by atoms with Crippen LogP contribution in [0.25, 0.3) is 0 Å². The van der Waals surface area contributed by atoms with Crippen molar-refractivity contribution < 1.29 is 4.39 Å². The lowest BCUT2D eigenvalue weighted by atomic mass is 9.87. The summed E-state index contributed by atoms with van der Waals surface area (Å²) < 4.78 is 13.4. The van der Waals surface area contributed by atoms with E-state index >= 15 is 0 Å². The van der Waals surface area contributed by atoms with Gasteiger partial charge in [0.25, 0.3) is 0 Å². The molecule has 1 heterocycles. The third kappa shape index (κ3) is 1.61. The Morgan fingerprint density at radius 1 is 1.50 bits per heavy atom. The molecule has 0 spiro atoms. The van der Waals surface area contributed by atoms with E-state index in [9.17, 15) is 4.39 Å². The van der Waals surface area contributed by atoms with Gasteiger partial charge >= 0.3 is 0 Å². The Morgan fingerprint density at radius 3 is 3.14 bits per heavy atom. The maximum absolute atomic E-state index is 13.4. The van der Waals surface area contributed by atoms with Gasteiger partial charge in [0, 0.05) is 6.54 Å². The van der Waals surface area contributed by atoms with E-state index < -0.39 is 0 Å². The van der Waals surface area contributed by atoms with E-state index in [4.69, 9.17) is 0 Å². The standard InChI is InChI=1S/C12H16FN/c1-2-4-9-7-8-14-12-10(9)5-3-6-11(12)13/h3,5-6,9,14H,2,4,7-8H2,1H3. The van der Waals surface area contributed by atoms with Gasteiger partial charge < -0.3 is 5.32 Å². The Balaban J connectivity index is 2.34. The fourth-order valence-electron chi connectivity index (χ4n) is 2.24. The molecule has 76 valence electrons. The minimum atomic E-state index is -0.108. The van der Waals surface area contributed by atoms with Gasteiger partial charge in [0.15, 0.2) is 0 Å². The number of fused-ring (bicyclic) bond motifs is 1. The van der Waals surface area contributed by atoms with Crippen molar-refractivity contribution in [1.29, 1.82) is 0 Å². The topological polar surface area (TPSA) is 12.0 Å². The zero-order chi connectivity index (χ0) is 9.97. The molecular formula is C12H16FN. The lowest BCUT2D eigenvalue weighted by Gasteiger charge is -2.26. The fourth-order valence-corrected chi connectivity index (χ4v) is 2.24. The SMILES string of the molecule is CCCC1CCNc2c(F)cccc21. The normalized spacial score (nSPS) is 20.0. The number of hydrogen-bond acceptors (Lipinski definition) is 1. The molecular weight excluding hydrogens is 177 g/mol. The van der Waals surface area contributed by atoms with Crippen molar-refractivity contribution in [2.75, 3.05) is 11.9 Å². The predicted octanol–water partition coefficient (Wildman–Crippen LogP) is 3.53. The maximum Gasteiger partial charge on any atom is 0.146 e. The summed E-state index contributed by atoms with van der Waals surface area (Å²) in [5.41, 5.74) is 1.90. The summed E-state index contributed by atoms with van der Waals surface area (Å²) in [6.07, 6.45) is 3.46. The molecule has 0 amide bonds. The molecule has 0 radical (unpaired) electrons. The smallest absolute Gasteiger partial charge is 0.146 e. The van der Waals surface area contributed by atoms with E-state index in [1.165, 1.54) is 12.5 Å². The Hall–Kier alpha value is -1.05. The van der Waals surface area contributed by atoms with E-state index in [-0.39, 0.29) is 5.82 Å². The van der Waals surface area contributed by atoms with Crippen LogP contribution in [0.1, 0.15) is 37.7 Å². The summed E-state index contributed by atoms with van der Waals surface area (Å²) >= 11 is 0. The molecule has 1 aromatic carbocycles. The van der Waals surface area contributed by atoms with Gasteiger partial charge in [-0.25, -0.2) is 4.39 Å². The predicted molar refractivity (Wildman–Crippen MR) is 57.2 cm³/mol. The van der Waals surface area contributed by atoms with Crippen LogP contribution in [0.3, 0.4) is 0 Å². The van der Waals surface area contributed by atoms with E-state index in [2.05, 4.69) is 12.2 Å². The van der Waals surface area contributed by atoms with Crippen LogP contribution in [0.15, 0.2) is 18.2 Å². The minimum Gasteiger partial charge on any atom is -0.382 e. The zero-order valence-corrected chi connectivity index (χ0v) is 8.52. The second-order valence-electron chi connectivity index (χ2n) is 3.91. The number of rotatable bonds is 2. The molecule has 2 heteroatoms. The first kappa shape index (κ1) is 9.50. The van der Waals surface area contributed by atoms with Crippen LogP contribution in [0, 0.1) is 5.82 Å². The highest BCUT2D eigenvalue weighted by Crippen LogP contribution is 2.35. The third-order valence-electron chi connectivity index (χ3n) is 2.92. The Labute approximate surface area is 84.3 Å². The Bertz CT molecular complexity index is 322. The first-order chi connectivity index (χ1) is 6.83. The molecule has 14 heavy (non-hydrogen) atoms. The lowest BCUT2D eigenvalue weighted by Crippen LogP contribution is -2.17. The fraction of sp³-hybridized carbons (Fsp3) is 0.500. The van der Waals surface area contributed by atoms with Crippen molar-refractivity contribution in [3.63, 3.8) is 0 Å². The second-order valence-corrected chi connectivity index (χ2v) is 3.91. The van der Waals surface area contributed by atoms with Gasteiger partial charge in [0.1, 0.15) is 5.82 Å². The molecule has 0 bridgehead atoms. The number of para-hydroxylation sites is 1. The van der Waals surface area contributed by atoms with Crippen molar-refractivity contribution in [1.82, 2.24) is 0 Å². The first-order valence-corrected chi connectivity index (χ1v) is 5.35. The summed E-state index contributed by atoms with van der Waals surface area (Å²) in [4.78, 5) is 0. The van der Waals surface area contributed by atoms with Crippen LogP contribution in [0.4, 0.5) is 10.1 Å². The summed E-state index contributed by atoms with van der Waals surface area (Å²) in [7, 11) is 0. The van der Waals surface area contributed by atoms with E-state index in [1.54, 1.807) is 0 Å². The highest BCUT2D eigenvalue weighted by atomic mass is 19.1. The van der Waals surface area contributed by atoms with Gasteiger partial charge in [0.2, 0.25) is 0 Å². The van der Waals surface area contributed by atoms with Gasteiger partial charge in [0.05, 0.1) is 5.69 Å². The van der Waals surface area contributed by atoms with Crippen LogP contribution in [0.5, 0.6) is 0 Å². The van der Waals surface area contributed by atoms with E-state index in [0.29, 0.717) is 5.92 Å². The molecule has 1 aliphatic rings. The van der Waals surface area contributed by atoms with E-state index in [0.717, 1.165) is 30.6 Å². The number of benzene rings is 1. The molecule has 0 aromatic heterocycles. The third-order valence-corrected chi connectivity index (χ3v) is 2.92. The van der Waals surface area contributed by atoms with Gasteiger partial charge in [-0.15, -0.1) is 0 Å². The van der Waals surface area contributed by atoms with Crippen LogP contribution in [-0.2, 0) is 0 Å². The van der Waals surface area contributed by atoms with Crippen molar-refractivity contribution in [2.45, 2.75) is 32.1 Å². The average molecular weight is 193 g/mol. The van der Waals surface area contributed by atoms with Crippen molar-refractivity contribution in [3.8, 4) is 0 Å². The number of nitrogens with one attached hydrogen (secondary N) is 1. The Kier molecular flexibility index (Phi) is 2.71. The number of anilines is 1. The largest absolute Gasteiger partial charge is 0.382 e. The number of hydrogen-bond donors (Lipinski definition) is 1. The maximum atomic E-state index is 13.4. The number of halogens is 1. The molecule has 0 fully saturated rings. The molecule has 2 rings (SSSR count). The van der Waals surface area contributed by atoms with Crippen LogP contribution in [0.2, 0.25) is 0 Å². The minimum absolute atomic E-state index is 0.108. The zero-order valence-electron chi connectivity index (χ0n) is 8.52. The van der Waals surface area contributed by atoms with Crippen LogP contribution >= 0.6 is 0 Å². The average Bonchev–Trinajstić information content (AvgIpc) is 2.20. The Morgan fingerprint density at radius 2 is 2.36 bits per heavy atom. The van der Waals surface area contributed by atoms with Gasteiger partial charge in [-0.2, -0.15) is 0 Å². The molecule has 1 N–H and O–H groups in total. The molecule has 0 aliphatic carbocycles. The molecule has 0 saturated carbocycles. The van der Waals surface area contributed by atoms with Crippen molar-refractivity contribution >= 4 is 5.69 Å². The highest BCUT2D eigenvalue weighted by Gasteiger charge is 2.20. The lowest BCUT2D eigenvalue weighted by molar-refractivity contribution is 0.555. The summed E-state index contributed by atoms with van der Waals surface area (Å²) in [6.45, 7) is 3.08. The van der Waals surface area contributed by atoms with Gasteiger partial charge in [-0.3, -0.25) is 0 Å². The molecule has 1 unspecified atom stereocenters. The summed E-state index contributed by atoms with van der Waals surface area (Å²) in [5.74, 6) is 0.440. The first-order valence-electron chi connectivity index (χ1n) is 5.35. The molecule has 1 atom stereocenters. The molecule has 1 aliphatic heterocycles. The highest BCUT2D eigenvalue weighted by molar-refractivity contribution is 5.55. The summed E-state index contributed by atoms with van der Waals surface area (Å²) in [6, 6.07) is 5.38. The monoisotopic (exact) mass is 193 g/mol. The molecule has 0 saturated heterocycles. The quantitative estimate of drug-likeness (QED) is 0.757. The van der Waals surface area contributed by atoms with Crippen molar-refractivity contribution in [3.05, 3.63) is 29.6 Å². The van der Waals surface area contributed by atoms with Gasteiger partial charge in [-0.1, -0.05) is 25.5 Å². The van der Waals surface area contributed by atoms with Crippen LogP contribution < -0.4 is 5.32 Å². The molecule has 1 aromatic rings.